The van der Waals surface area contributed by atoms with Gasteiger partial charge in [-0.2, -0.15) is 0 Å². The molecule has 1 aromatic carbocycles. The van der Waals surface area contributed by atoms with E-state index in [2.05, 4.69) is 20.3 Å². The summed E-state index contributed by atoms with van der Waals surface area (Å²) in [6, 6.07) is 10.1. The van der Waals surface area contributed by atoms with Crippen molar-refractivity contribution in [3.63, 3.8) is 0 Å². The maximum absolute atomic E-state index is 13.8. The molecule has 1 amide bonds. The Labute approximate surface area is 174 Å². The van der Waals surface area contributed by atoms with E-state index in [4.69, 9.17) is 0 Å². The molecule has 0 aliphatic rings. The predicted molar refractivity (Wildman–Crippen MR) is 112 cm³/mol. The predicted octanol–water partition coefficient (Wildman–Crippen LogP) is 4.70. The van der Waals surface area contributed by atoms with Gasteiger partial charge in [0.2, 0.25) is 5.91 Å². The van der Waals surface area contributed by atoms with Gasteiger partial charge in [0.15, 0.2) is 5.13 Å². The molecule has 0 saturated carbocycles. The first-order chi connectivity index (χ1) is 14.5. The fraction of sp³-hybridized carbons (Fsp3) is 0.150. The number of aromatic amines is 1. The number of pyridine rings is 1. The summed E-state index contributed by atoms with van der Waals surface area (Å²) in [6.45, 7) is 0. The number of anilines is 1. The SMILES string of the molecule is O=C(CCCc1c(-c2ccccn2)[nH]c2ccc(F)cc12)Nc1ncc([N+](=O)[O-])s1. The largest absolute Gasteiger partial charge is 0.353 e. The molecule has 0 spiro atoms. The second-order valence-electron chi connectivity index (χ2n) is 6.55. The molecule has 8 nitrogen and oxygen atoms in total. The van der Waals surface area contributed by atoms with Crippen molar-refractivity contribution in [3.8, 4) is 11.4 Å². The number of nitrogens with zero attached hydrogens (tertiary/aromatic N) is 3. The molecule has 10 heteroatoms. The van der Waals surface area contributed by atoms with E-state index in [0.29, 0.717) is 12.8 Å². The third kappa shape index (κ3) is 4.18. The number of thiazole rings is 1. The molecule has 4 aromatic rings. The van der Waals surface area contributed by atoms with Crippen LogP contribution in [0.1, 0.15) is 18.4 Å². The molecule has 30 heavy (non-hydrogen) atoms. The maximum atomic E-state index is 13.8. The van der Waals surface area contributed by atoms with Crippen LogP contribution in [0.15, 0.2) is 48.8 Å². The Kier molecular flexibility index (Phi) is 5.48. The molecule has 0 atom stereocenters. The normalized spacial score (nSPS) is 11.0. The minimum atomic E-state index is -0.553. The average molecular weight is 425 g/mol. The molecule has 0 bridgehead atoms. The molecule has 0 fully saturated rings. The van der Waals surface area contributed by atoms with E-state index in [-0.39, 0.29) is 28.3 Å². The zero-order valence-corrected chi connectivity index (χ0v) is 16.4. The highest BCUT2D eigenvalue weighted by atomic mass is 32.1. The minimum Gasteiger partial charge on any atom is -0.353 e. The summed E-state index contributed by atoms with van der Waals surface area (Å²) in [7, 11) is 0. The van der Waals surface area contributed by atoms with Gasteiger partial charge >= 0.3 is 5.00 Å². The smallest absolute Gasteiger partial charge is 0.345 e. The number of aryl methyl sites for hydroxylation is 1. The second-order valence-corrected chi connectivity index (χ2v) is 7.56. The number of carbonyl (C=O) groups excluding carboxylic acids is 1. The van der Waals surface area contributed by atoms with Gasteiger partial charge in [-0.1, -0.05) is 6.07 Å². The number of benzene rings is 1. The van der Waals surface area contributed by atoms with Crippen LogP contribution in [0.5, 0.6) is 0 Å². The summed E-state index contributed by atoms with van der Waals surface area (Å²) < 4.78 is 13.8. The van der Waals surface area contributed by atoms with E-state index in [1.807, 2.05) is 18.2 Å². The summed E-state index contributed by atoms with van der Waals surface area (Å²) in [5.41, 5.74) is 3.23. The zero-order chi connectivity index (χ0) is 21.1. The molecule has 3 aromatic heterocycles. The van der Waals surface area contributed by atoms with Crippen LogP contribution in [-0.2, 0) is 11.2 Å². The van der Waals surface area contributed by atoms with Crippen LogP contribution in [0.2, 0.25) is 0 Å². The van der Waals surface area contributed by atoms with Crippen molar-refractivity contribution in [1.29, 1.82) is 0 Å². The topological polar surface area (TPSA) is 114 Å². The first-order valence-electron chi connectivity index (χ1n) is 9.13. The fourth-order valence-electron chi connectivity index (χ4n) is 3.22. The van der Waals surface area contributed by atoms with E-state index in [1.54, 1.807) is 12.3 Å². The van der Waals surface area contributed by atoms with Crippen LogP contribution in [0.3, 0.4) is 0 Å². The standard InChI is InChI=1S/C20H16FN5O3S/c21-12-7-8-15-14(10-12)13(19(24-15)16-5-1-2-9-22-16)4-3-6-17(27)25-20-23-11-18(30-20)26(28)29/h1-2,5,7-11,24H,3-4,6H2,(H,23,25,27). The molecular weight excluding hydrogens is 409 g/mol. The number of carbonyl (C=O) groups is 1. The Morgan fingerprint density at radius 3 is 2.87 bits per heavy atom. The number of hydrogen-bond donors (Lipinski definition) is 2. The minimum absolute atomic E-state index is 0.133. The highest BCUT2D eigenvalue weighted by Gasteiger charge is 2.16. The molecule has 2 N–H and O–H groups in total. The highest BCUT2D eigenvalue weighted by Crippen LogP contribution is 2.31. The first kappa shape index (κ1) is 19.6. The Morgan fingerprint density at radius 2 is 2.13 bits per heavy atom. The Bertz CT molecular complexity index is 1220. The van der Waals surface area contributed by atoms with Gasteiger partial charge in [-0.3, -0.25) is 19.9 Å². The van der Waals surface area contributed by atoms with Gasteiger partial charge in [-0.15, -0.1) is 0 Å². The lowest BCUT2D eigenvalue weighted by atomic mass is 10.0. The molecule has 0 aliphatic carbocycles. The van der Waals surface area contributed by atoms with E-state index in [9.17, 15) is 19.3 Å². The van der Waals surface area contributed by atoms with Gasteiger partial charge in [0, 0.05) is 23.5 Å². The molecule has 4 rings (SSSR count). The Hall–Kier alpha value is -3.66. The van der Waals surface area contributed by atoms with Crippen molar-refractivity contribution >= 4 is 38.3 Å². The fourth-order valence-corrected chi connectivity index (χ4v) is 3.87. The third-order valence-corrected chi connectivity index (χ3v) is 5.40. The van der Waals surface area contributed by atoms with Crippen LogP contribution in [0.4, 0.5) is 14.5 Å². The average Bonchev–Trinajstić information content (AvgIpc) is 3.34. The van der Waals surface area contributed by atoms with E-state index >= 15 is 0 Å². The van der Waals surface area contributed by atoms with Gasteiger partial charge in [0.05, 0.1) is 16.3 Å². The third-order valence-electron chi connectivity index (χ3n) is 4.54. The zero-order valence-electron chi connectivity index (χ0n) is 15.6. The highest BCUT2D eigenvalue weighted by molar-refractivity contribution is 7.18. The number of fused-ring (bicyclic) bond motifs is 1. The molecule has 0 saturated heterocycles. The quantitative estimate of drug-likeness (QED) is 0.329. The molecule has 152 valence electrons. The number of amides is 1. The number of rotatable bonds is 7. The molecule has 0 radical (unpaired) electrons. The van der Waals surface area contributed by atoms with Crippen LogP contribution < -0.4 is 5.32 Å². The van der Waals surface area contributed by atoms with Crippen molar-refractivity contribution in [2.75, 3.05) is 5.32 Å². The van der Waals surface area contributed by atoms with Crippen LogP contribution in [0.25, 0.3) is 22.3 Å². The molecular formula is C20H16FN5O3S. The van der Waals surface area contributed by atoms with E-state index in [1.165, 1.54) is 12.1 Å². The number of nitro groups is 1. The van der Waals surface area contributed by atoms with Crippen molar-refractivity contribution in [2.45, 2.75) is 19.3 Å². The monoisotopic (exact) mass is 425 g/mol. The molecule has 3 heterocycles. The van der Waals surface area contributed by atoms with Crippen molar-refractivity contribution in [2.24, 2.45) is 0 Å². The lowest BCUT2D eigenvalue weighted by Gasteiger charge is -2.05. The van der Waals surface area contributed by atoms with Crippen LogP contribution >= 0.6 is 11.3 Å². The van der Waals surface area contributed by atoms with Crippen LogP contribution in [0, 0.1) is 15.9 Å². The Morgan fingerprint density at radius 1 is 1.27 bits per heavy atom. The summed E-state index contributed by atoms with van der Waals surface area (Å²) in [5.74, 6) is -0.622. The first-order valence-corrected chi connectivity index (χ1v) is 9.94. The van der Waals surface area contributed by atoms with E-state index < -0.39 is 4.92 Å². The molecule has 0 aliphatic heterocycles. The summed E-state index contributed by atoms with van der Waals surface area (Å²) >= 11 is 0.807. The maximum Gasteiger partial charge on any atom is 0.345 e. The summed E-state index contributed by atoms with van der Waals surface area (Å²) in [5, 5.41) is 14.1. The number of nitrogens with one attached hydrogen (secondary N) is 2. The van der Waals surface area contributed by atoms with Crippen molar-refractivity contribution in [3.05, 3.63) is 70.3 Å². The van der Waals surface area contributed by atoms with E-state index in [0.717, 1.165) is 45.4 Å². The second kappa shape index (κ2) is 8.37. The van der Waals surface area contributed by atoms with Gasteiger partial charge in [0.1, 0.15) is 12.0 Å². The molecule has 0 unspecified atom stereocenters. The van der Waals surface area contributed by atoms with Crippen LogP contribution in [-0.4, -0.2) is 25.8 Å². The van der Waals surface area contributed by atoms with Gasteiger partial charge in [-0.25, -0.2) is 9.37 Å². The summed E-state index contributed by atoms with van der Waals surface area (Å²) in [4.78, 5) is 33.9. The summed E-state index contributed by atoms with van der Waals surface area (Å²) in [6.07, 6.45) is 4.02. The number of hydrogen-bond acceptors (Lipinski definition) is 6. The number of aromatic nitrogens is 3. The Balaban J connectivity index is 1.49. The van der Waals surface area contributed by atoms with Crippen molar-refractivity contribution < 1.29 is 14.1 Å². The number of H-pyrrole nitrogens is 1. The lowest BCUT2D eigenvalue weighted by Crippen LogP contribution is -2.11. The van der Waals surface area contributed by atoms with Gasteiger partial charge in [0.25, 0.3) is 0 Å². The number of halogens is 1. The van der Waals surface area contributed by atoms with Gasteiger partial charge in [-0.05, 0) is 60.1 Å². The van der Waals surface area contributed by atoms with Gasteiger partial charge < -0.3 is 10.3 Å². The lowest BCUT2D eigenvalue weighted by molar-refractivity contribution is -0.380. The van der Waals surface area contributed by atoms with Crippen molar-refractivity contribution in [1.82, 2.24) is 15.0 Å².